The molecule has 0 fully saturated rings. The van der Waals surface area contributed by atoms with Crippen molar-refractivity contribution in [3.8, 4) is 0 Å². The molecule has 16 heavy (non-hydrogen) atoms. The van der Waals surface area contributed by atoms with Gasteiger partial charge in [0, 0.05) is 32.7 Å². The van der Waals surface area contributed by atoms with Gasteiger partial charge in [-0.15, -0.1) is 5.56 Å². The van der Waals surface area contributed by atoms with Crippen LogP contribution in [-0.4, -0.2) is 6.29 Å². The Bertz CT molecular complexity index is 209. The summed E-state index contributed by atoms with van der Waals surface area (Å²) < 4.78 is 0. The van der Waals surface area contributed by atoms with Crippen molar-refractivity contribution in [1.29, 1.82) is 0 Å². The van der Waals surface area contributed by atoms with Crippen LogP contribution in [0.4, 0.5) is 0 Å². The summed E-state index contributed by atoms with van der Waals surface area (Å²) in [7, 11) is 0. The van der Waals surface area contributed by atoms with Crippen LogP contribution in [0, 0.1) is 13.5 Å². The SMILES string of the molecule is CC.CC.CC(C=O)c1c[c-]ccc1.[CH3-].[Y]. The van der Waals surface area contributed by atoms with Gasteiger partial charge in [0.05, 0.1) is 0 Å². The van der Waals surface area contributed by atoms with Crippen LogP contribution in [0.25, 0.3) is 0 Å². The topological polar surface area (TPSA) is 17.1 Å². The fourth-order valence-electron chi connectivity index (χ4n) is 0.769. The van der Waals surface area contributed by atoms with Crippen LogP contribution in [-0.2, 0) is 37.5 Å². The first kappa shape index (κ1) is 25.0. The number of hydrogen-bond donors (Lipinski definition) is 0. The Hall–Kier alpha value is -0.00610. The van der Waals surface area contributed by atoms with Gasteiger partial charge < -0.3 is 12.2 Å². The third-order valence-corrected chi connectivity index (χ3v) is 1.46. The van der Waals surface area contributed by atoms with Crippen molar-refractivity contribution >= 4 is 6.29 Å². The summed E-state index contributed by atoms with van der Waals surface area (Å²) in [6.45, 7) is 9.87. The number of benzene rings is 1. The van der Waals surface area contributed by atoms with E-state index in [-0.39, 0.29) is 46.1 Å². The number of carbonyl (C=O) groups excluding carboxylic acids is 1. The molecular weight excluding hydrogens is 273 g/mol. The molecule has 0 aliphatic heterocycles. The average molecular weight is 297 g/mol. The van der Waals surface area contributed by atoms with Gasteiger partial charge in [0.2, 0.25) is 0 Å². The predicted octanol–water partition coefficient (Wildman–Crippen LogP) is 4.29. The van der Waals surface area contributed by atoms with E-state index in [1.54, 1.807) is 0 Å². The molecule has 2 heteroatoms. The molecule has 0 N–H and O–H groups in total. The standard InChI is InChI=1S/C9H9O.2C2H6.CH3.Y/c1-8(7-10)9-5-3-2-4-6-9;2*1-2;;/h2-3,5-8H,1H3;2*1-2H3;1H3;/q-1;;;-1;. The van der Waals surface area contributed by atoms with E-state index in [1.807, 2.05) is 58.9 Å². The van der Waals surface area contributed by atoms with Crippen molar-refractivity contribution in [1.82, 2.24) is 0 Å². The van der Waals surface area contributed by atoms with Crippen molar-refractivity contribution in [2.75, 3.05) is 0 Å². The fraction of sp³-hybridized carbons (Fsp3) is 0.429. The summed E-state index contributed by atoms with van der Waals surface area (Å²) >= 11 is 0. The summed E-state index contributed by atoms with van der Waals surface area (Å²) in [4.78, 5) is 10.3. The molecule has 1 rings (SSSR count). The molecule has 0 saturated carbocycles. The third kappa shape index (κ3) is 12.1. The average Bonchev–Trinajstić information content (AvgIpc) is 2.34. The minimum absolute atomic E-state index is 0. The maximum absolute atomic E-state index is 10.3. The van der Waals surface area contributed by atoms with Gasteiger partial charge in [-0.25, -0.2) is 0 Å². The molecule has 1 nitrogen and oxygen atoms in total. The van der Waals surface area contributed by atoms with Crippen LogP contribution in [0.1, 0.15) is 46.1 Å². The van der Waals surface area contributed by atoms with Gasteiger partial charge in [0.25, 0.3) is 0 Å². The maximum atomic E-state index is 10.3. The van der Waals surface area contributed by atoms with E-state index in [0.29, 0.717) is 0 Å². The Labute approximate surface area is 127 Å². The van der Waals surface area contributed by atoms with Crippen molar-refractivity contribution in [3.63, 3.8) is 0 Å². The Kier molecular flexibility index (Phi) is 31.9. The molecule has 91 valence electrons. The van der Waals surface area contributed by atoms with E-state index in [1.165, 1.54) is 0 Å². The summed E-state index contributed by atoms with van der Waals surface area (Å²) in [5, 5.41) is 0. The molecule has 1 atom stereocenters. The van der Waals surface area contributed by atoms with Crippen LogP contribution < -0.4 is 0 Å². The maximum Gasteiger partial charge on any atom is 0.115 e. The van der Waals surface area contributed by atoms with E-state index in [0.717, 1.165) is 11.8 Å². The first-order valence-corrected chi connectivity index (χ1v) is 5.26. The van der Waals surface area contributed by atoms with Crippen molar-refractivity contribution in [2.45, 2.75) is 40.5 Å². The van der Waals surface area contributed by atoms with Gasteiger partial charge in [0.1, 0.15) is 6.29 Å². The quantitative estimate of drug-likeness (QED) is 0.588. The first-order chi connectivity index (χ1) is 6.84. The molecule has 0 heterocycles. The largest absolute Gasteiger partial charge is 0.358 e. The van der Waals surface area contributed by atoms with Gasteiger partial charge in [-0.3, -0.25) is 0 Å². The van der Waals surface area contributed by atoms with E-state index >= 15 is 0 Å². The van der Waals surface area contributed by atoms with Crippen LogP contribution in [0.2, 0.25) is 0 Å². The zero-order chi connectivity index (χ0) is 11.4. The molecule has 0 spiro atoms. The Morgan fingerprint density at radius 3 is 2.06 bits per heavy atom. The Morgan fingerprint density at radius 1 is 1.25 bits per heavy atom. The second-order valence-corrected chi connectivity index (χ2v) is 2.26. The molecule has 0 bridgehead atoms. The van der Waals surface area contributed by atoms with Crippen molar-refractivity contribution < 1.29 is 37.5 Å². The molecule has 0 amide bonds. The molecule has 1 unspecified atom stereocenters. The molecule has 0 aromatic heterocycles. The van der Waals surface area contributed by atoms with Crippen LogP contribution in [0.5, 0.6) is 0 Å². The van der Waals surface area contributed by atoms with Crippen molar-refractivity contribution in [2.24, 2.45) is 0 Å². The third-order valence-electron chi connectivity index (χ3n) is 1.46. The van der Waals surface area contributed by atoms with Gasteiger partial charge in [-0.05, 0) is 5.92 Å². The second kappa shape index (κ2) is 20.4. The first-order valence-electron chi connectivity index (χ1n) is 5.26. The van der Waals surface area contributed by atoms with Gasteiger partial charge >= 0.3 is 0 Å². The molecule has 1 aromatic carbocycles. The summed E-state index contributed by atoms with van der Waals surface area (Å²) in [6.07, 6.45) is 0.934. The monoisotopic (exact) mass is 297 g/mol. The molecule has 0 aliphatic carbocycles. The predicted molar refractivity (Wildman–Crippen MR) is 68.9 cm³/mol. The molecule has 0 saturated heterocycles. The summed E-state index contributed by atoms with van der Waals surface area (Å²) in [5.41, 5.74) is 1.03. The van der Waals surface area contributed by atoms with E-state index in [4.69, 9.17) is 0 Å². The number of hydrogen-bond acceptors (Lipinski definition) is 1. The zero-order valence-corrected chi connectivity index (χ0v) is 14.3. The molecule has 1 aromatic rings. The second-order valence-electron chi connectivity index (χ2n) is 2.26. The van der Waals surface area contributed by atoms with Crippen LogP contribution >= 0.6 is 0 Å². The summed E-state index contributed by atoms with van der Waals surface area (Å²) in [5.74, 6) is -0.00236. The molecule has 0 aliphatic rings. The number of carbonyl (C=O) groups is 1. The fourth-order valence-corrected chi connectivity index (χ4v) is 0.769. The van der Waals surface area contributed by atoms with Crippen LogP contribution in [0.3, 0.4) is 0 Å². The van der Waals surface area contributed by atoms with Gasteiger partial charge in [-0.1, -0.05) is 34.6 Å². The molecular formula is C14H24OY-2. The normalized spacial score (nSPS) is 8.56. The Balaban J connectivity index is -0.000000109. The van der Waals surface area contributed by atoms with E-state index < -0.39 is 0 Å². The number of rotatable bonds is 2. The van der Waals surface area contributed by atoms with Gasteiger partial charge in [0.15, 0.2) is 0 Å². The summed E-state index contributed by atoms with van der Waals surface area (Å²) in [6, 6.07) is 10.4. The van der Waals surface area contributed by atoms with Crippen molar-refractivity contribution in [3.05, 3.63) is 43.3 Å². The zero-order valence-electron chi connectivity index (χ0n) is 11.4. The minimum atomic E-state index is -0.00236. The minimum Gasteiger partial charge on any atom is -0.358 e. The Morgan fingerprint density at radius 2 is 1.75 bits per heavy atom. The molecule has 1 radical (unpaired) electrons. The van der Waals surface area contributed by atoms with E-state index in [9.17, 15) is 4.79 Å². The smallest absolute Gasteiger partial charge is 0.115 e. The number of aldehydes is 1. The van der Waals surface area contributed by atoms with E-state index in [2.05, 4.69) is 6.07 Å². The van der Waals surface area contributed by atoms with Crippen LogP contribution in [0.15, 0.2) is 24.3 Å². The van der Waals surface area contributed by atoms with Gasteiger partial charge in [-0.2, -0.15) is 30.3 Å².